The number of anilines is 1. The Morgan fingerprint density at radius 3 is 2.70 bits per heavy atom. The molecule has 3 aromatic heterocycles. The van der Waals surface area contributed by atoms with Crippen LogP contribution < -0.4 is 10.6 Å². The highest BCUT2D eigenvalue weighted by molar-refractivity contribution is 5.91. The van der Waals surface area contributed by atoms with Gasteiger partial charge in [-0.05, 0) is 43.5 Å². The Balaban J connectivity index is 1.29. The zero-order chi connectivity index (χ0) is 22.7. The summed E-state index contributed by atoms with van der Waals surface area (Å²) in [5.41, 5.74) is 3.79. The van der Waals surface area contributed by atoms with E-state index in [1.807, 2.05) is 48.0 Å². The minimum absolute atomic E-state index is 0.127. The molecule has 33 heavy (non-hydrogen) atoms. The van der Waals surface area contributed by atoms with Gasteiger partial charge in [0.1, 0.15) is 5.82 Å². The zero-order valence-electron chi connectivity index (χ0n) is 18.5. The lowest BCUT2D eigenvalue weighted by molar-refractivity contribution is 0.0508. The molecule has 0 bridgehead atoms. The van der Waals surface area contributed by atoms with Crippen LogP contribution in [0.3, 0.4) is 0 Å². The number of ether oxygens (including phenoxy) is 1. The normalized spacial score (nSPS) is 15.3. The number of aryl methyl sites for hydroxylation is 1. The van der Waals surface area contributed by atoms with E-state index in [2.05, 4.69) is 37.8 Å². The number of aromatic nitrogens is 4. The molecule has 2 amide bonds. The van der Waals surface area contributed by atoms with Crippen molar-refractivity contribution in [2.45, 2.75) is 25.2 Å². The largest absolute Gasteiger partial charge is 0.381 e. The van der Waals surface area contributed by atoms with E-state index in [1.165, 1.54) is 5.56 Å². The number of fused-ring (bicyclic) bond motifs is 1. The first-order chi connectivity index (χ1) is 16.1. The van der Waals surface area contributed by atoms with Crippen molar-refractivity contribution in [3.05, 3.63) is 78.4 Å². The van der Waals surface area contributed by atoms with Crippen molar-refractivity contribution >= 4 is 22.8 Å². The maximum atomic E-state index is 12.7. The predicted octanol–water partition coefficient (Wildman–Crippen LogP) is 3.99. The van der Waals surface area contributed by atoms with Gasteiger partial charge in [0.15, 0.2) is 0 Å². The van der Waals surface area contributed by atoms with E-state index in [0.717, 1.165) is 35.1 Å². The monoisotopic (exact) mass is 442 g/mol. The highest BCUT2D eigenvalue weighted by Gasteiger charge is 2.34. The molecule has 0 spiro atoms. The van der Waals surface area contributed by atoms with Gasteiger partial charge in [0.2, 0.25) is 0 Å². The first-order valence-electron chi connectivity index (χ1n) is 11.1. The van der Waals surface area contributed by atoms with Gasteiger partial charge < -0.3 is 10.1 Å². The number of hydrogen-bond donors (Lipinski definition) is 2. The molecule has 1 aromatic carbocycles. The van der Waals surface area contributed by atoms with Crippen molar-refractivity contribution in [2.75, 3.05) is 25.1 Å². The molecule has 8 heteroatoms. The summed E-state index contributed by atoms with van der Waals surface area (Å²) in [6, 6.07) is 15.8. The van der Waals surface area contributed by atoms with Crippen molar-refractivity contribution in [1.29, 1.82) is 0 Å². The van der Waals surface area contributed by atoms with Crippen molar-refractivity contribution in [1.82, 2.24) is 25.1 Å². The average Bonchev–Trinajstić information content (AvgIpc) is 3.27. The summed E-state index contributed by atoms with van der Waals surface area (Å²) < 4.78 is 7.40. The molecule has 0 saturated carbocycles. The smallest absolute Gasteiger partial charge is 0.320 e. The summed E-state index contributed by atoms with van der Waals surface area (Å²) in [7, 11) is 0. The Morgan fingerprint density at radius 2 is 1.91 bits per heavy atom. The maximum Gasteiger partial charge on any atom is 0.320 e. The number of pyridine rings is 2. The number of carbonyl (C=O) groups excluding carboxylic acids is 1. The molecule has 2 N–H and O–H groups in total. The van der Waals surface area contributed by atoms with E-state index in [-0.39, 0.29) is 11.4 Å². The lowest BCUT2D eigenvalue weighted by Crippen LogP contribution is -2.45. The summed E-state index contributed by atoms with van der Waals surface area (Å²) in [5, 5.41) is 11.3. The van der Waals surface area contributed by atoms with Crippen molar-refractivity contribution in [3.8, 4) is 5.69 Å². The topological polar surface area (TPSA) is 94.0 Å². The van der Waals surface area contributed by atoms with Crippen LogP contribution in [-0.2, 0) is 10.2 Å². The molecule has 1 aliphatic heterocycles. The Bertz CT molecular complexity index is 1260. The van der Waals surface area contributed by atoms with Gasteiger partial charge in [-0.1, -0.05) is 30.3 Å². The van der Waals surface area contributed by atoms with Crippen LogP contribution in [0.4, 0.5) is 10.6 Å². The molecule has 0 aliphatic carbocycles. The minimum atomic E-state index is -0.277. The highest BCUT2D eigenvalue weighted by Crippen LogP contribution is 2.34. The van der Waals surface area contributed by atoms with Gasteiger partial charge in [-0.2, -0.15) is 5.10 Å². The second-order valence-corrected chi connectivity index (χ2v) is 8.41. The second kappa shape index (κ2) is 8.99. The minimum Gasteiger partial charge on any atom is -0.381 e. The fraction of sp³-hybridized carbons (Fsp3) is 0.280. The molecule has 5 rings (SSSR count). The maximum absolute atomic E-state index is 12.7. The second-order valence-electron chi connectivity index (χ2n) is 8.41. The number of nitrogens with one attached hydrogen (secondary N) is 2. The third-order valence-corrected chi connectivity index (χ3v) is 6.24. The van der Waals surface area contributed by atoms with Crippen LogP contribution >= 0.6 is 0 Å². The Hall–Kier alpha value is -3.78. The molecule has 0 atom stereocenters. The summed E-state index contributed by atoms with van der Waals surface area (Å²) in [6.07, 6.45) is 6.98. The van der Waals surface area contributed by atoms with Crippen LogP contribution in [0.1, 0.15) is 24.1 Å². The third kappa shape index (κ3) is 4.42. The number of urea groups is 1. The summed E-state index contributed by atoms with van der Waals surface area (Å²) in [5.74, 6) is 0.478. The quantitative estimate of drug-likeness (QED) is 0.487. The van der Waals surface area contributed by atoms with E-state index < -0.39 is 0 Å². The van der Waals surface area contributed by atoms with Gasteiger partial charge in [0.05, 0.1) is 23.6 Å². The van der Waals surface area contributed by atoms with Gasteiger partial charge >= 0.3 is 6.03 Å². The average molecular weight is 443 g/mol. The number of rotatable bonds is 5. The van der Waals surface area contributed by atoms with Gasteiger partial charge in [0.25, 0.3) is 0 Å². The number of hydrogen-bond acceptors (Lipinski definition) is 5. The Morgan fingerprint density at radius 1 is 1.09 bits per heavy atom. The molecule has 4 heterocycles. The number of carbonyl (C=O) groups is 1. The molecule has 1 aliphatic rings. The molecular formula is C25H26N6O2. The summed E-state index contributed by atoms with van der Waals surface area (Å²) in [6.45, 7) is 3.86. The summed E-state index contributed by atoms with van der Waals surface area (Å²) in [4.78, 5) is 21.4. The molecule has 1 fully saturated rings. The van der Waals surface area contributed by atoms with Gasteiger partial charge in [0, 0.05) is 42.5 Å². The van der Waals surface area contributed by atoms with Crippen LogP contribution in [0.15, 0.2) is 67.1 Å². The van der Waals surface area contributed by atoms with Crippen molar-refractivity contribution in [3.63, 3.8) is 0 Å². The molecular weight excluding hydrogens is 416 g/mol. The number of amides is 2. The van der Waals surface area contributed by atoms with Crippen LogP contribution in [-0.4, -0.2) is 45.5 Å². The lowest BCUT2D eigenvalue weighted by atomic mass is 9.74. The molecule has 8 nitrogen and oxygen atoms in total. The Kier molecular flexibility index (Phi) is 5.75. The molecule has 168 valence electrons. The van der Waals surface area contributed by atoms with Gasteiger partial charge in [-0.25, -0.2) is 14.5 Å². The predicted molar refractivity (Wildman–Crippen MR) is 127 cm³/mol. The van der Waals surface area contributed by atoms with Crippen molar-refractivity contribution < 1.29 is 9.53 Å². The van der Waals surface area contributed by atoms with E-state index in [4.69, 9.17) is 4.74 Å². The lowest BCUT2D eigenvalue weighted by Gasteiger charge is -2.37. The molecule has 4 aromatic rings. The Labute approximate surface area is 192 Å². The van der Waals surface area contributed by atoms with E-state index in [1.54, 1.807) is 18.6 Å². The molecule has 1 saturated heterocycles. The third-order valence-electron chi connectivity index (χ3n) is 6.24. The first-order valence-corrected chi connectivity index (χ1v) is 11.1. The fourth-order valence-electron chi connectivity index (χ4n) is 4.39. The van der Waals surface area contributed by atoms with Gasteiger partial charge in [-0.15, -0.1) is 0 Å². The van der Waals surface area contributed by atoms with Gasteiger partial charge in [-0.3, -0.25) is 10.3 Å². The fourth-order valence-corrected chi connectivity index (χ4v) is 4.39. The zero-order valence-corrected chi connectivity index (χ0v) is 18.5. The van der Waals surface area contributed by atoms with E-state index in [0.29, 0.717) is 25.6 Å². The standard InChI is InChI=1S/C25H26N6O2/c1-18-13-21(7-10-26-18)31-22-16-27-23(14-19(22)15-29-31)30-24(32)28-17-25(8-11-33-12-9-25)20-5-3-2-4-6-20/h2-7,10,13-16H,8-9,11-12,17H2,1H3,(H2,27,28,30,32). The van der Waals surface area contributed by atoms with Crippen LogP contribution in [0, 0.1) is 6.92 Å². The van der Waals surface area contributed by atoms with E-state index >= 15 is 0 Å². The molecule has 0 radical (unpaired) electrons. The van der Waals surface area contributed by atoms with Crippen LogP contribution in [0.25, 0.3) is 16.6 Å². The summed E-state index contributed by atoms with van der Waals surface area (Å²) >= 11 is 0. The van der Waals surface area contributed by atoms with Crippen LogP contribution in [0.2, 0.25) is 0 Å². The van der Waals surface area contributed by atoms with E-state index in [9.17, 15) is 4.79 Å². The SMILES string of the molecule is Cc1cc(-n2ncc3cc(NC(=O)NCC4(c5ccccc5)CCOCC4)ncc32)ccn1. The molecule has 0 unspecified atom stereocenters. The number of nitrogens with zero attached hydrogens (tertiary/aromatic N) is 4. The van der Waals surface area contributed by atoms with Crippen molar-refractivity contribution in [2.24, 2.45) is 0 Å². The van der Waals surface area contributed by atoms with Crippen LogP contribution in [0.5, 0.6) is 0 Å². The highest BCUT2D eigenvalue weighted by atomic mass is 16.5. The number of benzene rings is 1. The first kappa shape index (κ1) is 21.1.